The molecular weight excluding hydrogens is 146 g/mol. The number of rotatable bonds is 1. The first-order valence-corrected chi connectivity index (χ1v) is 3.50. The SMILES string of the molecule is CC1(C)COC(C)(C(N)=O)O1. The molecule has 0 aromatic rings. The van der Waals surface area contributed by atoms with Crippen molar-refractivity contribution in [2.75, 3.05) is 6.61 Å². The van der Waals surface area contributed by atoms with Crippen LogP contribution in [0.3, 0.4) is 0 Å². The van der Waals surface area contributed by atoms with Gasteiger partial charge in [0.1, 0.15) is 0 Å². The van der Waals surface area contributed by atoms with Crippen molar-refractivity contribution in [3.63, 3.8) is 0 Å². The maximum absolute atomic E-state index is 10.8. The van der Waals surface area contributed by atoms with Crippen molar-refractivity contribution in [1.29, 1.82) is 0 Å². The largest absolute Gasteiger partial charge is 0.365 e. The second-order valence-corrected chi connectivity index (χ2v) is 3.46. The molecule has 4 nitrogen and oxygen atoms in total. The van der Waals surface area contributed by atoms with Crippen molar-refractivity contribution in [3.8, 4) is 0 Å². The van der Waals surface area contributed by atoms with Crippen molar-refractivity contribution < 1.29 is 14.3 Å². The average Bonchev–Trinajstić information content (AvgIpc) is 2.08. The Kier molecular flexibility index (Phi) is 1.69. The summed E-state index contributed by atoms with van der Waals surface area (Å²) in [5.74, 6) is -1.81. The molecule has 1 aliphatic heterocycles. The molecule has 0 aromatic carbocycles. The van der Waals surface area contributed by atoms with Gasteiger partial charge in [0.15, 0.2) is 0 Å². The minimum Gasteiger partial charge on any atom is -0.365 e. The highest BCUT2D eigenvalue weighted by atomic mass is 16.8. The number of amides is 1. The van der Waals surface area contributed by atoms with E-state index in [1.54, 1.807) is 0 Å². The van der Waals surface area contributed by atoms with Crippen LogP contribution in [0.25, 0.3) is 0 Å². The van der Waals surface area contributed by atoms with Crippen molar-refractivity contribution in [3.05, 3.63) is 0 Å². The molecule has 2 N–H and O–H groups in total. The quantitative estimate of drug-likeness (QED) is 0.586. The van der Waals surface area contributed by atoms with Crippen LogP contribution in [-0.2, 0) is 14.3 Å². The second kappa shape index (κ2) is 2.19. The predicted octanol–water partition coefficient (Wildman–Crippen LogP) is 0.0133. The van der Waals surface area contributed by atoms with E-state index in [2.05, 4.69) is 0 Å². The Labute approximate surface area is 65.7 Å². The van der Waals surface area contributed by atoms with Crippen LogP contribution in [0, 0.1) is 0 Å². The first-order valence-electron chi connectivity index (χ1n) is 3.50. The molecule has 0 bridgehead atoms. The van der Waals surface area contributed by atoms with Crippen LogP contribution in [-0.4, -0.2) is 23.9 Å². The smallest absolute Gasteiger partial charge is 0.277 e. The van der Waals surface area contributed by atoms with Crippen molar-refractivity contribution in [1.82, 2.24) is 0 Å². The minimum atomic E-state index is -1.23. The first-order chi connectivity index (χ1) is 4.86. The van der Waals surface area contributed by atoms with Crippen LogP contribution in [0.5, 0.6) is 0 Å². The topological polar surface area (TPSA) is 61.5 Å². The number of primary amides is 1. The number of carbonyl (C=O) groups excluding carboxylic acids is 1. The van der Waals surface area contributed by atoms with E-state index in [0.717, 1.165) is 0 Å². The summed E-state index contributed by atoms with van der Waals surface area (Å²) < 4.78 is 10.4. The first kappa shape index (κ1) is 8.49. The number of hydrogen-bond donors (Lipinski definition) is 1. The molecule has 1 unspecified atom stereocenters. The maximum atomic E-state index is 10.8. The van der Waals surface area contributed by atoms with Gasteiger partial charge in [0, 0.05) is 0 Å². The number of ether oxygens (including phenoxy) is 2. The fourth-order valence-corrected chi connectivity index (χ4v) is 1.02. The van der Waals surface area contributed by atoms with E-state index in [9.17, 15) is 4.79 Å². The lowest BCUT2D eigenvalue weighted by atomic mass is 10.2. The van der Waals surface area contributed by atoms with Gasteiger partial charge in [-0.05, 0) is 20.8 Å². The predicted molar refractivity (Wildman–Crippen MR) is 38.7 cm³/mol. The fraction of sp³-hybridized carbons (Fsp3) is 0.857. The lowest BCUT2D eigenvalue weighted by Crippen LogP contribution is -2.43. The van der Waals surface area contributed by atoms with Gasteiger partial charge < -0.3 is 15.2 Å². The van der Waals surface area contributed by atoms with E-state index in [0.29, 0.717) is 6.61 Å². The molecule has 0 aliphatic carbocycles. The van der Waals surface area contributed by atoms with Gasteiger partial charge in [-0.15, -0.1) is 0 Å². The van der Waals surface area contributed by atoms with Crippen LogP contribution in [0.4, 0.5) is 0 Å². The molecule has 1 saturated heterocycles. The monoisotopic (exact) mass is 159 g/mol. The Hall–Kier alpha value is -0.610. The maximum Gasteiger partial charge on any atom is 0.277 e. The highest BCUT2D eigenvalue weighted by Crippen LogP contribution is 2.29. The summed E-state index contributed by atoms with van der Waals surface area (Å²) in [6.07, 6.45) is 0. The van der Waals surface area contributed by atoms with E-state index in [1.807, 2.05) is 13.8 Å². The fourth-order valence-electron chi connectivity index (χ4n) is 1.02. The Morgan fingerprint density at radius 2 is 2.00 bits per heavy atom. The summed E-state index contributed by atoms with van der Waals surface area (Å²) in [7, 11) is 0. The Morgan fingerprint density at radius 1 is 1.45 bits per heavy atom. The molecule has 1 rings (SSSR count). The van der Waals surface area contributed by atoms with Crippen LogP contribution >= 0.6 is 0 Å². The molecule has 1 amide bonds. The van der Waals surface area contributed by atoms with E-state index >= 15 is 0 Å². The lowest BCUT2D eigenvalue weighted by Gasteiger charge is -2.21. The Bertz CT molecular complexity index is 190. The zero-order chi connectivity index (χ0) is 8.70. The number of carbonyl (C=O) groups is 1. The third kappa shape index (κ3) is 1.52. The van der Waals surface area contributed by atoms with Gasteiger partial charge in [0.2, 0.25) is 5.79 Å². The molecule has 1 fully saturated rings. The van der Waals surface area contributed by atoms with Gasteiger partial charge in [-0.3, -0.25) is 4.79 Å². The standard InChI is InChI=1S/C7H13NO3/c1-6(2)4-10-7(3,11-6)5(8)9/h4H2,1-3H3,(H2,8,9). The van der Waals surface area contributed by atoms with Gasteiger partial charge in [0.25, 0.3) is 5.91 Å². The van der Waals surface area contributed by atoms with Crippen molar-refractivity contribution in [2.45, 2.75) is 32.2 Å². The van der Waals surface area contributed by atoms with Gasteiger partial charge >= 0.3 is 0 Å². The Morgan fingerprint density at radius 3 is 2.18 bits per heavy atom. The van der Waals surface area contributed by atoms with Crippen molar-refractivity contribution in [2.24, 2.45) is 5.73 Å². The highest BCUT2D eigenvalue weighted by Gasteiger charge is 2.46. The molecule has 1 atom stereocenters. The molecule has 0 saturated carbocycles. The average molecular weight is 159 g/mol. The normalized spacial score (nSPS) is 35.5. The van der Waals surface area contributed by atoms with E-state index in [1.165, 1.54) is 6.92 Å². The Balaban J connectivity index is 2.73. The van der Waals surface area contributed by atoms with Crippen LogP contribution < -0.4 is 5.73 Å². The third-order valence-electron chi connectivity index (χ3n) is 1.61. The summed E-state index contributed by atoms with van der Waals surface area (Å²) in [5, 5.41) is 0. The lowest BCUT2D eigenvalue weighted by molar-refractivity contribution is -0.184. The molecule has 4 heteroatoms. The minimum absolute atomic E-state index is 0.395. The van der Waals surface area contributed by atoms with E-state index in [-0.39, 0.29) is 0 Å². The summed E-state index contributed by atoms with van der Waals surface area (Å²) in [6, 6.07) is 0. The third-order valence-corrected chi connectivity index (χ3v) is 1.61. The van der Waals surface area contributed by atoms with Gasteiger partial charge in [-0.1, -0.05) is 0 Å². The van der Waals surface area contributed by atoms with Crippen LogP contribution in [0.1, 0.15) is 20.8 Å². The molecular formula is C7H13NO3. The molecule has 0 spiro atoms. The van der Waals surface area contributed by atoms with Gasteiger partial charge in [-0.25, -0.2) is 0 Å². The molecule has 0 aromatic heterocycles. The summed E-state index contributed by atoms with van der Waals surface area (Å²) in [4.78, 5) is 10.8. The molecule has 11 heavy (non-hydrogen) atoms. The summed E-state index contributed by atoms with van der Waals surface area (Å²) in [5.41, 5.74) is 4.65. The van der Waals surface area contributed by atoms with Gasteiger partial charge in [-0.2, -0.15) is 0 Å². The molecule has 1 aliphatic rings. The van der Waals surface area contributed by atoms with E-state index in [4.69, 9.17) is 15.2 Å². The van der Waals surface area contributed by atoms with Gasteiger partial charge in [0.05, 0.1) is 12.2 Å². The molecule has 1 heterocycles. The van der Waals surface area contributed by atoms with Crippen LogP contribution in [0.2, 0.25) is 0 Å². The highest BCUT2D eigenvalue weighted by molar-refractivity contribution is 5.81. The zero-order valence-electron chi connectivity index (χ0n) is 7.01. The molecule has 0 radical (unpaired) electrons. The summed E-state index contributed by atoms with van der Waals surface area (Å²) in [6.45, 7) is 5.62. The van der Waals surface area contributed by atoms with E-state index < -0.39 is 17.3 Å². The van der Waals surface area contributed by atoms with Crippen LogP contribution in [0.15, 0.2) is 0 Å². The second-order valence-electron chi connectivity index (χ2n) is 3.46. The molecule has 64 valence electrons. The summed E-state index contributed by atoms with van der Waals surface area (Å²) >= 11 is 0. The number of nitrogens with two attached hydrogens (primary N) is 1. The number of hydrogen-bond acceptors (Lipinski definition) is 3. The van der Waals surface area contributed by atoms with Crippen molar-refractivity contribution >= 4 is 5.91 Å². The zero-order valence-corrected chi connectivity index (χ0v) is 7.01.